The van der Waals surface area contributed by atoms with Crippen LogP contribution in [-0.4, -0.2) is 52.4 Å². The van der Waals surface area contributed by atoms with E-state index in [4.69, 9.17) is 9.47 Å². The number of fused-ring (bicyclic) bond motifs is 5. The van der Waals surface area contributed by atoms with Crippen molar-refractivity contribution in [1.29, 1.82) is 0 Å². The molecule has 1 amide bonds. The topological polar surface area (TPSA) is 102 Å². The summed E-state index contributed by atoms with van der Waals surface area (Å²) in [5, 5.41) is 12.4. The third-order valence-corrected chi connectivity index (χ3v) is 10.7. The predicted molar refractivity (Wildman–Crippen MR) is 189 cm³/mol. The first kappa shape index (κ1) is 38.5. The van der Waals surface area contributed by atoms with Crippen molar-refractivity contribution in [1.82, 2.24) is 0 Å². The van der Waals surface area contributed by atoms with Gasteiger partial charge in [-0.1, -0.05) is 97.0 Å². The Hall–Kier alpha value is -2.90. The monoisotopic (exact) mass is 649 g/mol. The molecule has 7 nitrogen and oxygen atoms in total. The molecule has 47 heavy (non-hydrogen) atoms. The average Bonchev–Trinajstić information content (AvgIpc) is 3.00. The highest BCUT2D eigenvalue weighted by Crippen LogP contribution is 2.48. The number of rotatable bonds is 3. The number of nitrogens with zero attached hydrogens (tertiary/aromatic N) is 1. The second-order valence-electron chi connectivity index (χ2n) is 15.6. The number of allylic oxidation sites excluding steroid dienone is 2. The maximum Gasteiger partial charge on any atom is 0.316 e. The number of benzene rings is 1. The Kier molecular flexibility index (Phi) is 12.7. The molecule has 3 rings (SSSR count). The number of esters is 1. The maximum absolute atomic E-state index is 14.2. The Morgan fingerprint density at radius 2 is 1.70 bits per heavy atom. The van der Waals surface area contributed by atoms with E-state index in [0.717, 1.165) is 11.1 Å². The SMILES string of the molecule is CC[C@H]1OC(=O)[C@H](C)C(=O)[C@H](C)[C@@H](C(C)(C)C)[C@@]2(C)C[C@@H](C)C(=NC(C)=O)[C@H](C)[C@@H](CC/C(=C\C=C\c3ccccc3)CO2)[C@]1(C)O. The zero-order chi connectivity index (χ0) is 35.3. The summed E-state index contributed by atoms with van der Waals surface area (Å²) >= 11 is 0. The number of aliphatic imine (C=N–C) groups is 1. The second kappa shape index (κ2) is 15.5. The van der Waals surface area contributed by atoms with E-state index >= 15 is 0 Å². The Labute approximate surface area is 283 Å². The number of hydrogen-bond donors (Lipinski definition) is 1. The smallest absolute Gasteiger partial charge is 0.316 e. The Balaban J connectivity index is 2.35. The van der Waals surface area contributed by atoms with Gasteiger partial charge in [0.05, 0.1) is 12.2 Å². The largest absolute Gasteiger partial charge is 0.459 e. The molecule has 2 heterocycles. The molecule has 1 aromatic carbocycles. The van der Waals surface area contributed by atoms with Gasteiger partial charge in [-0.25, -0.2) is 4.99 Å². The highest BCUT2D eigenvalue weighted by molar-refractivity contribution is 6.00. The summed E-state index contributed by atoms with van der Waals surface area (Å²) in [5.41, 5.74) is 0.136. The predicted octanol–water partition coefficient (Wildman–Crippen LogP) is 8.05. The third-order valence-electron chi connectivity index (χ3n) is 10.7. The molecular formula is C40H59NO6. The summed E-state index contributed by atoms with van der Waals surface area (Å²) in [6.07, 6.45) is 7.34. The molecule has 0 aromatic heterocycles. The molecule has 0 spiro atoms. The highest BCUT2D eigenvalue weighted by Gasteiger charge is 2.52. The van der Waals surface area contributed by atoms with Crippen molar-refractivity contribution in [2.24, 2.45) is 45.9 Å². The molecule has 0 radical (unpaired) electrons. The molecule has 2 aliphatic rings. The summed E-state index contributed by atoms with van der Waals surface area (Å²) in [4.78, 5) is 45.0. The van der Waals surface area contributed by atoms with Crippen molar-refractivity contribution in [3.05, 3.63) is 53.6 Å². The molecule has 9 atom stereocenters. The Morgan fingerprint density at radius 1 is 1.06 bits per heavy atom. The van der Waals surface area contributed by atoms with Gasteiger partial charge in [-0.05, 0) is 74.8 Å². The van der Waals surface area contributed by atoms with Gasteiger partial charge < -0.3 is 14.6 Å². The summed E-state index contributed by atoms with van der Waals surface area (Å²) in [7, 11) is 0. The van der Waals surface area contributed by atoms with Crippen LogP contribution in [0.2, 0.25) is 0 Å². The number of hydrogen-bond acceptors (Lipinski definition) is 6. The lowest BCUT2D eigenvalue weighted by atomic mass is 9.60. The molecule has 260 valence electrons. The van der Waals surface area contributed by atoms with Gasteiger partial charge in [0.25, 0.3) is 0 Å². The fourth-order valence-corrected chi connectivity index (χ4v) is 8.71. The summed E-state index contributed by atoms with van der Waals surface area (Å²) in [5.74, 6) is -3.90. The molecule has 0 saturated carbocycles. The maximum atomic E-state index is 14.2. The first-order valence-corrected chi connectivity index (χ1v) is 17.4. The number of cyclic esters (lactones) is 1. The number of carbonyl (C=O) groups is 3. The lowest BCUT2D eigenvalue weighted by molar-refractivity contribution is -0.180. The molecule has 1 N–H and O–H groups in total. The minimum absolute atomic E-state index is 0.198. The van der Waals surface area contributed by atoms with Gasteiger partial charge in [-0.3, -0.25) is 14.4 Å². The zero-order valence-corrected chi connectivity index (χ0v) is 30.6. The molecule has 0 unspecified atom stereocenters. The van der Waals surface area contributed by atoms with Crippen LogP contribution in [-0.2, 0) is 23.9 Å². The first-order valence-electron chi connectivity index (χ1n) is 17.4. The van der Waals surface area contributed by atoms with Gasteiger partial charge in [0, 0.05) is 30.4 Å². The normalized spacial score (nSPS) is 36.9. The Bertz CT molecular complexity index is 1350. The fraction of sp³-hybridized carbons (Fsp3) is 0.650. The van der Waals surface area contributed by atoms with E-state index in [2.05, 4.69) is 51.8 Å². The molecule has 2 aliphatic heterocycles. The Morgan fingerprint density at radius 3 is 2.28 bits per heavy atom. The molecular weight excluding hydrogens is 590 g/mol. The minimum Gasteiger partial charge on any atom is -0.459 e. The van der Waals surface area contributed by atoms with Gasteiger partial charge in [0.15, 0.2) is 0 Å². The van der Waals surface area contributed by atoms with Crippen molar-refractivity contribution in [2.75, 3.05) is 6.61 Å². The lowest BCUT2D eigenvalue weighted by Crippen LogP contribution is -2.55. The van der Waals surface area contributed by atoms with E-state index in [0.29, 0.717) is 38.0 Å². The van der Waals surface area contributed by atoms with E-state index < -0.39 is 41.0 Å². The molecule has 7 heteroatoms. The average molecular weight is 650 g/mol. The van der Waals surface area contributed by atoms with Gasteiger partial charge in [-0.2, -0.15) is 0 Å². The fourth-order valence-electron chi connectivity index (χ4n) is 8.71. The van der Waals surface area contributed by atoms with Crippen LogP contribution in [0.15, 0.2) is 53.0 Å². The number of ketones is 1. The summed E-state index contributed by atoms with van der Waals surface area (Å²) in [6.45, 7) is 21.4. The number of ether oxygens (including phenoxy) is 2. The van der Waals surface area contributed by atoms with Crippen molar-refractivity contribution >= 4 is 29.4 Å². The van der Waals surface area contributed by atoms with E-state index in [1.54, 1.807) is 13.8 Å². The van der Waals surface area contributed by atoms with Crippen LogP contribution in [0.1, 0.15) is 107 Å². The van der Waals surface area contributed by atoms with Gasteiger partial charge in [0.1, 0.15) is 23.4 Å². The second-order valence-corrected chi connectivity index (χ2v) is 15.6. The van der Waals surface area contributed by atoms with Crippen LogP contribution in [0, 0.1) is 40.9 Å². The summed E-state index contributed by atoms with van der Waals surface area (Å²) in [6, 6.07) is 10.1. The quantitative estimate of drug-likeness (QED) is 0.263. The number of aliphatic hydroxyl groups is 1. The first-order chi connectivity index (χ1) is 21.8. The number of carbonyl (C=O) groups excluding carboxylic acids is 3. The minimum atomic E-state index is -1.48. The highest BCUT2D eigenvalue weighted by atomic mass is 16.6. The standard InChI is InChI=1S/C40H59NO6/c1-12-33-40(11,45)32-22-21-31(20-16-19-30-17-14-13-15-18-30)24-46-39(10,23-25(2)34(26(32)3)41-29(6)42)36(38(7,8)9)27(4)35(43)28(5)37(44)47-33/h13-20,25-28,32-33,36,45H,12,21-24H2,1-11H3/b19-16+,31-20+,41-34?/t25-,26-,27+,28-,32-,33-,36+,39-,40+/m1/s1. The van der Waals surface area contributed by atoms with Gasteiger partial charge in [-0.15, -0.1) is 0 Å². The van der Waals surface area contributed by atoms with Crippen LogP contribution in [0.25, 0.3) is 6.08 Å². The molecule has 2 bridgehead atoms. The van der Waals surface area contributed by atoms with E-state index in [1.165, 1.54) is 6.92 Å². The third kappa shape index (κ3) is 9.17. The zero-order valence-electron chi connectivity index (χ0n) is 30.6. The van der Waals surface area contributed by atoms with Crippen LogP contribution in [0.3, 0.4) is 0 Å². The van der Waals surface area contributed by atoms with E-state index in [-0.39, 0.29) is 34.9 Å². The van der Waals surface area contributed by atoms with Crippen LogP contribution in [0.4, 0.5) is 0 Å². The van der Waals surface area contributed by atoms with E-state index in [1.807, 2.05) is 57.2 Å². The molecule has 2 fully saturated rings. The van der Waals surface area contributed by atoms with Crippen molar-refractivity contribution in [2.45, 2.75) is 119 Å². The number of amides is 1. The molecule has 0 aliphatic carbocycles. The van der Waals surface area contributed by atoms with Crippen LogP contribution in [0.5, 0.6) is 0 Å². The summed E-state index contributed by atoms with van der Waals surface area (Å²) < 4.78 is 13.1. The molecule has 1 aromatic rings. The van der Waals surface area contributed by atoms with Gasteiger partial charge >= 0.3 is 5.97 Å². The lowest BCUT2D eigenvalue weighted by Gasteiger charge is -2.49. The van der Waals surface area contributed by atoms with Crippen LogP contribution >= 0.6 is 0 Å². The van der Waals surface area contributed by atoms with Crippen molar-refractivity contribution in [3.8, 4) is 0 Å². The van der Waals surface area contributed by atoms with Crippen molar-refractivity contribution < 1.29 is 29.0 Å². The molecule has 2 saturated heterocycles. The van der Waals surface area contributed by atoms with Crippen molar-refractivity contribution in [3.63, 3.8) is 0 Å². The van der Waals surface area contributed by atoms with E-state index in [9.17, 15) is 19.5 Å². The van der Waals surface area contributed by atoms with Gasteiger partial charge in [0.2, 0.25) is 5.91 Å². The number of Topliss-reactive ketones (excluding diaryl/α,β-unsaturated/α-hetero) is 1. The van der Waals surface area contributed by atoms with Crippen LogP contribution < -0.4 is 0 Å².